The Morgan fingerprint density at radius 3 is 0.551 bits per heavy atom. The zero-order chi connectivity index (χ0) is 52.8. The molecule has 3 fully saturated rings. The van der Waals surface area contributed by atoms with E-state index in [1.54, 1.807) is 22.3 Å². The van der Waals surface area contributed by atoms with Gasteiger partial charge in [0.05, 0.1) is 78.5 Å². The Hall–Kier alpha value is -5.36. The number of hydrogen-bond acceptors (Lipinski definition) is 0. The third kappa shape index (κ3) is 14.3. The summed E-state index contributed by atoms with van der Waals surface area (Å²) in [5.74, 6) is 0. The standard InChI is InChI=1S/C74H96N4/c1-3-17-45-76(60-64-36-40-68-28-8-12-32-72(68)56-64)47-19-5-21-49-78(62-66-38-42-70-30-10-14-34-74(70)58-66)50-22-6-20-48-77(53-25-24-52-76,61-65-37-41-69-29-9-13-33-73(69)57-65)46-18-4-2-16-44-75(43-15-1,51-23-26-54-78)59-63-35-39-67-27-7-11-31-71(67)55-63/h7-14,27-42,55-58H,1-6,15-26,43-54,59-62H2/q+4. The highest BCUT2D eigenvalue weighted by Crippen LogP contribution is 2.32. The molecule has 3 saturated heterocycles. The molecule has 0 saturated carbocycles. The lowest BCUT2D eigenvalue weighted by atomic mass is 10.0. The number of hydrogen-bond donors (Lipinski definition) is 0. The molecule has 3 heterocycles. The van der Waals surface area contributed by atoms with Crippen molar-refractivity contribution in [1.29, 1.82) is 0 Å². The number of quaternary nitrogens is 4. The summed E-state index contributed by atoms with van der Waals surface area (Å²) in [5.41, 5.74) is 6.18. The second-order valence-electron chi connectivity index (χ2n) is 25.8. The molecule has 0 radical (unpaired) electrons. The molecule has 0 aliphatic carbocycles. The summed E-state index contributed by atoms with van der Waals surface area (Å²) in [4.78, 5) is 0. The van der Waals surface area contributed by atoms with Crippen molar-refractivity contribution in [3.05, 3.63) is 192 Å². The lowest BCUT2D eigenvalue weighted by Gasteiger charge is -2.42. The van der Waals surface area contributed by atoms with Crippen LogP contribution in [-0.4, -0.2) is 96.5 Å². The summed E-state index contributed by atoms with van der Waals surface area (Å²) in [6.07, 6.45) is 24.1. The van der Waals surface area contributed by atoms with Crippen molar-refractivity contribution in [2.24, 2.45) is 0 Å². The summed E-state index contributed by atoms with van der Waals surface area (Å²) in [6.45, 7) is 20.3. The predicted molar refractivity (Wildman–Crippen MR) is 333 cm³/mol. The average Bonchev–Trinajstić information content (AvgIpc) is 3.46. The second-order valence-corrected chi connectivity index (χ2v) is 25.8. The van der Waals surface area contributed by atoms with Crippen LogP contribution in [0.4, 0.5) is 0 Å². The van der Waals surface area contributed by atoms with Gasteiger partial charge >= 0.3 is 0 Å². The number of nitrogens with zero attached hydrogens (tertiary/aromatic N) is 4. The highest BCUT2D eigenvalue weighted by atomic mass is 15.4. The van der Waals surface area contributed by atoms with Crippen LogP contribution in [0.1, 0.15) is 138 Å². The van der Waals surface area contributed by atoms with Crippen LogP contribution in [0.15, 0.2) is 170 Å². The Bertz CT molecular complexity index is 3050. The summed E-state index contributed by atoms with van der Waals surface area (Å²) >= 11 is 0. The maximum absolute atomic E-state index is 2.57. The van der Waals surface area contributed by atoms with E-state index in [2.05, 4.69) is 170 Å². The number of benzene rings is 8. The highest BCUT2D eigenvalue weighted by Gasteiger charge is 2.34. The number of rotatable bonds is 8. The van der Waals surface area contributed by atoms with Gasteiger partial charge in [-0.25, -0.2) is 0 Å². The molecule has 0 aromatic heterocycles. The zero-order valence-corrected chi connectivity index (χ0v) is 48.0. The van der Waals surface area contributed by atoms with E-state index in [-0.39, 0.29) is 0 Å². The molecule has 4 nitrogen and oxygen atoms in total. The summed E-state index contributed by atoms with van der Waals surface area (Å²) < 4.78 is 5.01. The minimum atomic E-state index is 1.16. The van der Waals surface area contributed by atoms with Gasteiger partial charge in [-0.1, -0.05) is 146 Å². The van der Waals surface area contributed by atoms with Gasteiger partial charge in [-0.3, -0.25) is 0 Å². The van der Waals surface area contributed by atoms with Gasteiger partial charge in [-0.05, 0) is 157 Å². The lowest BCUT2D eigenvalue weighted by Crippen LogP contribution is -2.51. The minimum Gasteiger partial charge on any atom is -0.320 e. The van der Waals surface area contributed by atoms with E-state index in [0.717, 1.165) is 19.6 Å². The van der Waals surface area contributed by atoms with Crippen molar-refractivity contribution in [1.82, 2.24) is 0 Å². The fraction of sp³-hybridized carbons (Fsp3) is 0.459. The smallest absolute Gasteiger partial charge is 0.104 e. The van der Waals surface area contributed by atoms with E-state index in [1.165, 1.54) is 262 Å². The first-order valence-electron chi connectivity index (χ1n) is 31.7. The molecule has 0 amide bonds. The van der Waals surface area contributed by atoms with Crippen LogP contribution in [0.2, 0.25) is 0 Å². The van der Waals surface area contributed by atoms with Crippen molar-refractivity contribution in [3.63, 3.8) is 0 Å². The molecule has 2 atom stereocenters. The molecule has 8 aromatic carbocycles. The largest absolute Gasteiger partial charge is 0.320 e. The van der Waals surface area contributed by atoms with Gasteiger partial charge in [0.2, 0.25) is 0 Å². The van der Waals surface area contributed by atoms with Crippen LogP contribution >= 0.6 is 0 Å². The molecule has 0 N–H and O–H groups in total. The molecule has 408 valence electrons. The third-order valence-electron chi connectivity index (χ3n) is 19.9. The first-order valence-corrected chi connectivity index (χ1v) is 31.7. The van der Waals surface area contributed by atoms with Crippen molar-refractivity contribution >= 4 is 43.1 Å². The van der Waals surface area contributed by atoms with Crippen LogP contribution in [0.5, 0.6) is 0 Å². The normalized spacial score (nSPS) is 25.3. The molecule has 4 bridgehead atoms. The minimum absolute atomic E-state index is 1.16. The molecule has 2 unspecified atom stereocenters. The molecule has 11 rings (SSSR count). The molecule has 3 aliphatic rings. The van der Waals surface area contributed by atoms with Crippen LogP contribution in [0.25, 0.3) is 43.1 Å². The number of fused-ring (bicyclic) bond motifs is 18. The molecule has 78 heavy (non-hydrogen) atoms. The fourth-order valence-electron chi connectivity index (χ4n) is 15.6. The maximum atomic E-state index is 2.57. The van der Waals surface area contributed by atoms with E-state index >= 15 is 0 Å². The van der Waals surface area contributed by atoms with Crippen molar-refractivity contribution < 1.29 is 17.9 Å². The van der Waals surface area contributed by atoms with Crippen molar-refractivity contribution in [2.45, 2.75) is 142 Å². The molecular weight excluding hydrogens is 945 g/mol. The Morgan fingerprint density at radius 2 is 0.346 bits per heavy atom. The van der Waals surface area contributed by atoms with E-state index < -0.39 is 0 Å². The summed E-state index contributed by atoms with van der Waals surface area (Å²) in [6, 6.07) is 66.3. The van der Waals surface area contributed by atoms with Gasteiger partial charge in [-0.2, -0.15) is 0 Å². The fourth-order valence-corrected chi connectivity index (χ4v) is 15.6. The monoisotopic (exact) mass is 1040 g/mol. The second kappa shape index (κ2) is 26.3. The molecule has 3 aliphatic heterocycles. The van der Waals surface area contributed by atoms with Gasteiger partial charge in [-0.15, -0.1) is 0 Å². The Balaban J connectivity index is 0.994. The van der Waals surface area contributed by atoms with Crippen molar-refractivity contribution in [3.8, 4) is 0 Å². The van der Waals surface area contributed by atoms with E-state index in [0.29, 0.717) is 0 Å². The Labute approximate surface area is 471 Å². The zero-order valence-electron chi connectivity index (χ0n) is 48.0. The highest BCUT2D eigenvalue weighted by molar-refractivity contribution is 5.85. The topological polar surface area (TPSA) is 0 Å². The molecule has 4 heteroatoms. The van der Waals surface area contributed by atoms with Crippen LogP contribution in [-0.2, 0) is 26.2 Å². The molecular formula is C74H96N4+4. The van der Waals surface area contributed by atoms with E-state index in [9.17, 15) is 0 Å². The lowest BCUT2D eigenvalue weighted by molar-refractivity contribution is -0.947. The van der Waals surface area contributed by atoms with Gasteiger partial charge in [0, 0.05) is 47.9 Å². The van der Waals surface area contributed by atoms with Gasteiger partial charge in [0.25, 0.3) is 0 Å². The van der Waals surface area contributed by atoms with Crippen LogP contribution in [0.3, 0.4) is 0 Å². The van der Waals surface area contributed by atoms with E-state index in [4.69, 9.17) is 0 Å². The third-order valence-corrected chi connectivity index (χ3v) is 19.9. The van der Waals surface area contributed by atoms with E-state index in [1.807, 2.05) is 0 Å². The quantitative estimate of drug-likeness (QED) is 0.133. The van der Waals surface area contributed by atoms with Gasteiger partial charge < -0.3 is 17.9 Å². The first kappa shape index (κ1) is 54.6. The van der Waals surface area contributed by atoms with Crippen LogP contribution < -0.4 is 0 Å². The van der Waals surface area contributed by atoms with Crippen molar-refractivity contribution in [2.75, 3.05) is 78.5 Å². The maximum Gasteiger partial charge on any atom is 0.104 e. The molecule has 0 spiro atoms. The Kier molecular flexibility index (Phi) is 18.4. The molecule has 8 aromatic rings. The van der Waals surface area contributed by atoms with Gasteiger partial charge in [0.1, 0.15) is 26.2 Å². The summed E-state index contributed by atoms with van der Waals surface area (Å²) in [5, 5.41) is 11.1. The first-order chi connectivity index (χ1) is 38.4. The predicted octanol–water partition coefficient (Wildman–Crippen LogP) is 17.7. The average molecular weight is 1040 g/mol. The van der Waals surface area contributed by atoms with Crippen LogP contribution in [0, 0.1) is 0 Å². The Morgan fingerprint density at radius 1 is 0.179 bits per heavy atom. The summed E-state index contributed by atoms with van der Waals surface area (Å²) in [7, 11) is 0. The van der Waals surface area contributed by atoms with Gasteiger partial charge in [0.15, 0.2) is 0 Å². The SMILES string of the molecule is c1ccc2cc(C[N+]34CCCCCC[N+]5(Cc6ccc7ccccc7c6)CCCCC[N+](Cc6ccc7ccccc7c6)(CCCCC[N+](Cc6ccc7ccccc7c6)(CCCCCC3)CCCC5)CCCC4)ccc2c1.